The minimum atomic E-state index is -0.531. The Labute approximate surface area is 85.6 Å². The summed E-state index contributed by atoms with van der Waals surface area (Å²) < 4.78 is 4.49. The summed E-state index contributed by atoms with van der Waals surface area (Å²) >= 11 is 5.72. The Balaban J connectivity index is 3.00. The Kier molecular flexibility index (Phi) is 3.53. The number of methoxy groups -OCH3 is 1. The van der Waals surface area contributed by atoms with Crippen LogP contribution in [0.25, 0.3) is 0 Å². The van der Waals surface area contributed by atoms with Crippen LogP contribution in [0.5, 0.6) is 0 Å². The number of aromatic nitrogens is 1. The summed E-state index contributed by atoms with van der Waals surface area (Å²) in [5, 5.41) is 3.22. The van der Waals surface area contributed by atoms with Crippen molar-refractivity contribution in [2.45, 2.75) is 6.54 Å². The number of carbonyl (C=O) groups is 1. The molecule has 5 nitrogen and oxygen atoms in total. The molecule has 0 saturated heterocycles. The molecule has 0 bridgehead atoms. The van der Waals surface area contributed by atoms with Gasteiger partial charge in [0, 0.05) is 0 Å². The molecule has 0 fully saturated rings. The number of esters is 1. The SMILES string of the molecule is COC(=O)c1ccc(CN=N)nc1Cl. The zero-order chi connectivity index (χ0) is 10.6. The first-order valence-corrected chi connectivity index (χ1v) is 4.13. The largest absolute Gasteiger partial charge is 0.465 e. The van der Waals surface area contributed by atoms with Crippen LogP contribution in [-0.4, -0.2) is 18.1 Å². The smallest absolute Gasteiger partial charge is 0.341 e. The van der Waals surface area contributed by atoms with E-state index in [1.165, 1.54) is 13.2 Å². The molecule has 1 aromatic rings. The van der Waals surface area contributed by atoms with E-state index in [0.717, 1.165) is 0 Å². The number of rotatable bonds is 3. The van der Waals surface area contributed by atoms with Gasteiger partial charge in [0.25, 0.3) is 0 Å². The maximum Gasteiger partial charge on any atom is 0.341 e. The van der Waals surface area contributed by atoms with Gasteiger partial charge >= 0.3 is 5.97 Å². The fraction of sp³-hybridized carbons (Fsp3) is 0.250. The highest BCUT2D eigenvalue weighted by Crippen LogP contribution is 2.15. The predicted octanol–water partition coefficient (Wildman–Crippen LogP) is 2.05. The third-order valence-electron chi connectivity index (χ3n) is 1.55. The van der Waals surface area contributed by atoms with Gasteiger partial charge in [-0.2, -0.15) is 5.11 Å². The van der Waals surface area contributed by atoms with Gasteiger partial charge in [-0.1, -0.05) is 11.6 Å². The number of pyridine rings is 1. The summed E-state index contributed by atoms with van der Waals surface area (Å²) in [6, 6.07) is 3.08. The van der Waals surface area contributed by atoms with Gasteiger partial charge in [0.15, 0.2) is 0 Å². The zero-order valence-corrected chi connectivity index (χ0v) is 8.21. The van der Waals surface area contributed by atoms with Crippen molar-refractivity contribution in [3.05, 3.63) is 28.5 Å². The van der Waals surface area contributed by atoms with Crippen molar-refractivity contribution in [2.75, 3.05) is 7.11 Å². The summed E-state index contributed by atoms with van der Waals surface area (Å²) in [7, 11) is 1.27. The van der Waals surface area contributed by atoms with Crippen molar-refractivity contribution in [3.63, 3.8) is 0 Å². The first kappa shape index (κ1) is 10.6. The van der Waals surface area contributed by atoms with Crippen LogP contribution < -0.4 is 0 Å². The lowest BCUT2D eigenvalue weighted by molar-refractivity contribution is 0.0600. The third-order valence-corrected chi connectivity index (χ3v) is 1.84. The number of carbonyl (C=O) groups excluding carboxylic acids is 1. The van der Waals surface area contributed by atoms with Gasteiger partial charge in [0.1, 0.15) is 11.7 Å². The molecule has 1 aromatic heterocycles. The van der Waals surface area contributed by atoms with Crippen molar-refractivity contribution in [1.29, 1.82) is 5.53 Å². The lowest BCUT2D eigenvalue weighted by atomic mass is 10.2. The second kappa shape index (κ2) is 4.66. The summed E-state index contributed by atoms with van der Waals surface area (Å²) in [4.78, 5) is 15.0. The van der Waals surface area contributed by atoms with Crippen LogP contribution in [0.2, 0.25) is 5.15 Å². The second-order valence-electron chi connectivity index (χ2n) is 2.45. The molecule has 0 radical (unpaired) electrons. The zero-order valence-electron chi connectivity index (χ0n) is 7.45. The summed E-state index contributed by atoms with van der Waals surface area (Å²) in [6.45, 7) is 0.154. The monoisotopic (exact) mass is 213 g/mol. The molecule has 0 aliphatic rings. The van der Waals surface area contributed by atoms with Crippen LogP contribution in [0.15, 0.2) is 17.2 Å². The van der Waals surface area contributed by atoms with E-state index < -0.39 is 5.97 Å². The van der Waals surface area contributed by atoms with Gasteiger partial charge < -0.3 is 4.74 Å². The number of nitrogens with zero attached hydrogens (tertiary/aromatic N) is 2. The van der Waals surface area contributed by atoms with Crippen molar-refractivity contribution in [2.24, 2.45) is 5.11 Å². The van der Waals surface area contributed by atoms with E-state index in [2.05, 4.69) is 14.8 Å². The normalized spacial score (nSPS) is 9.57. The molecule has 6 heteroatoms. The van der Waals surface area contributed by atoms with Crippen LogP contribution in [0.4, 0.5) is 0 Å². The fourth-order valence-corrected chi connectivity index (χ4v) is 1.15. The van der Waals surface area contributed by atoms with E-state index in [9.17, 15) is 4.79 Å². The fourth-order valence-electron chi connectivity index (χ4n) is 0.903. The molecule has 0 atom stereocenters. The number of hydrogen-bond acceptors (Lipinski definition) is 5. The Hall–Kier alpha value is -1.49. The molecular formula is C8H8ClN3O2. The number of ether oxygens (including phenoxy) is 1. The first-order chi connectivity index (χ1) is 6.69. The van der Waals surface area contributed by atoms with E-state index >= 15 is 0 Å². The average Bonchev–Trinajstić information content (AvgIpc) is 2.17. The Morgan fingerprint density at radius 2 is 2.43 bits per heavy atom. The van der Waals surface area contributed by atoms with Gasteiger partial charge in [-0.05, 0) is 12.1 Å². The Morgan fingerprint density at radius 3 is 2.93 bits per heavy atom. The van der Waals surface area contributed by atoms with Gasteiger partial charge in [-0.3, -0.25) is 0 Å². The molecule has 0 aliphatic heterocycles. The minimum absolute atomic E-state index is 0.0676. The van der Waals surface area contributed by atoms with Crippen molar-refractivity contribution >= 4 is 17.6 Å². The van der Waals surface area contributed by atoms with E-state index in [4.69, 9.17) is 17.1 Å². The standard InChI is InChI=1S/C8H8ClN3O2/c1-14-8(13)6-3-2-5(4-11-10)12-7(6)9/h2-3,10H,4H2,1H3. The third kappa shape index (κ3) is 2.26. The topological polar surface area (TPSA) is 75.4 Å². The number of hydrogen-bond donors (Lipinski definition) is 1. The minimum Gasteiger partial charge on any atom is -0.465 e. The van der Waals surface area contributed by atoms with Crippen molar-refractivity contribution < 1.29 is 9.53 Å². The summed E-state index contributed by atoms with van der Waals surface area (Å²) in [5.74, 6) is -0.531. The molecule has 0 amide bonds. The lowest BCUT2D eigenvalue weighted by Gasteiger charge is -2.02. The molecule has 0 aromatic carbocycles. The predicted molar refractivity (Wildman–Crippen MR) is 49.4 cm³/mol. The van der Waals surface area contributed by atoms with Crippen LogP contribution in [0.3, 0.4) is 0 Å². The molecule has 0 unspecified atom stereocenters. The highest BCUT2D eigenvalue weighted by Gasteiger charge is 2.11. The van der Waals surface area contributed by atoms with Crippen molar-refractivity contribution in [3.8, 4) is 0 Å². The number of halogens is 1. The maximum absolute atomic E-state index is 11.1. The molecule has 1 rings (SSSR count). The average molecular weight is 214 g/mol. The molecule has 74 valence electrons. The van der Waals surface area contributed by atoms with E-state index in [1.54, 1.807) is 6.07 Å². The second-order valence-corrected chi connectivity index (χ2v) is 2.81. The van der Waals surface area contributed by atoms with Gasteiger partial charge in [-0.15, -0.1) is 0 Å². The highest BCUT2D eigenvalue weighted by atomic mass is 35.5. The summed E-state index contributed by atoms with van der Waals surface area (Å²) in [6.07, 6.45) is 0. The first-order valence-electron chi connectivity index (χ1n) is 3.76. The van der Waals surface area contributed by atoms with E-state index in [1.807, 2.05) is 0 Å². The number of nitrogens with one attached hydrogen (secondary N) is 1. The molecule has 1 heterocycles. The molecule has 0 aliphatic carbocycles. The van der Waals surface area contributed by atoms with Crippen molar-refractivity contribution in [1.82, 2.24) is 4.98 Å². The van der Waals surface area contributed by atoms with Crippen LogP contribution in [-0.2, 0) is 11.3 Å². The van der Waals surface area contributed by atoms with Gasteiger partial charge in [0.2, 0.25) is 0 Å². The highest BCUT2D eigenvalue weighted by molar-refractivity contribution is 6.32. The maximum atomic E-state index is 11.1. The summed E-state index contributed by atoms with van der Waals surface area (Å²) in [5.41, 5.74) is 7.39. The Morgan fingerprint density at radius 1 is 1.71 bits per heavy atom. The van der Waals surface area contributed by atoms with Gasteiger partial charge in [-0.25, -0.2) is 15.3 Å². The quantitative estimate of drug-likeness (QED) is 0.474. The molecule has 0 spiro atoms. The molecular weight excluding hydrogens is 206 g/mol. The molecule has 0 saturated carbocycles. The Bertz CT molecular complexity index is 368. The lowest BCUT2D eigenvalue weighted by Crippen LogP contribution is -2.04. The van der Waals surface area contributed by atoms with E-state index in [0.29, 0.717) is 5.69 Å². The van der Waals surface area contributed by atoms with E-state index in [-0.39, 0.29) is 17.3 Å². The van der Waals surface area contributed by atoms with Crippen LogP contribution in [0.1, 0.15) is 16.1 Å². The van der Waals surface area contributed by atoms with Crippen LogP contribution in [0, 0.1) is 5.53 Å². The van der Waals surface area contributed by atoms with Crippen LogP contribution >= 0.6 is 11.6 Å². The molecule has 14 heavy (non-hydrogen) atoms. The molecule has 1 N–H and O–H groups in total. The van der Waals surface area contributed by atoms with Gasteiger partial charge in [0.05, 0.1) is 18.4 Å².